The van der Waals surface area contributed by atoms with Crippen LogP contribution in [0.1, 0.15) is 25.8 Å². The van der Waals surface area contributed by atoms with Gasteiger partial charge in [-0.3, -0.25) is 5.32 Å². The molecule has 0 bridgehead atoms. The predicted molar refractivity (Wildman–Crippen MR) is 106 cm³/mol. The predicted octanol–water partition coefficient (Wildman–Crippen LogP) is 5.00. The molecule has 2 aromatic carbocycles. The van der Waals surface area contributed by atoms with Gasteiger partial charge in [0.1, 0.15) is 5.60 Å². The van der Waals surface area contributed by atoms with E-state index >= 15 is 0 Å². The number of ether oxygens (including phenoxy) is 1. The molecule has 2 rings (SSSR count). The van der Waals surface area contributed by atoms with E-state index in [-0.39, 0.29) is 0 Å². The van der Waals surface area contributed by atoms with E-state index in [1.165, 1.54) is 5.56 Å². The van der Waals surface area contributed by atoms with Crippen LogP contribution in [0.15, 0.2) is 59.1 Å². The monoisotopic (exact) mass is 404 g/mol. The number of benzene rings is 2. The van der Waals surface area contributed by atoms with Crippen molar-refractivity contribution < 1.29 is 9.53 Å². The van der Waals surface area contributed by atoms with Gasteiger partial charge in [-0.05, 0) is 73.4 Å². The van der Waals surface area contributed by atoms with Crippen LogP contribution in [0.25, 0.3) is 0 Å². The largest absolute Gasteiger partial charge is 0.443 e. The summed E-state index contributed by atoms with van der Waals surface area (Å²) in [5, 5.41) is 6.16. The molecule has 0 saturated carbocycles. The topological polar surface area (TPSA) is 50.4 Å². The number of anilines is 1. The molecule has 0 spiro atoms. The Morgan fingerprint density at radius 1 is 1.04 bits per heavy atom. The van der Waals surface area contributed by atoms with Crippen LogP contribution in [0.5, 0.6) is 0 Å². The van der Waals surface area contributed by atoms with E-state index in [1.807, 2.05) is 44.2 Å². The smallest absolute Gasteiger partial charge is 0.412 e. The Bertz CT molecular complexity index is 674. The van der Waals surface area contributed by atoms with E-state index in [2.05, 4.69) is 50.8 Å². The second-order valence-electron chi connectivity index (χ2n) is 6.49. The lowest BCUT2D eigenvalue weighted by atomic mass is 10.1. The molecule has 4 nitrogen and oxygen atoms in total. The van der Waals surface area contributed by atoms with Crippen LogP contribution in [-0.4, -0.2) is 24.8 Å². The van der Waals surface area contributed by atoms with Crippen molar-refractivity contribution in [1.29, 1.82) is 0 Å². The van der Waals surface area contributed by atoms with Gasteiger partial charge in [0.25, 0.3) is 0 Å². The molecule has 2 aromatic rings. The summed E-state index contributed by atoms with van der Waals surface area (Å²) in [7, 11) is 0. The number of carbonyl (C=O) groups is 1. The van der Waals surface area contributed by atoms with Gasteiger partial charge in [0.15, 0.2) is 0 Å². The summed E-state index contributed by atoms with van der Waals surface area (Å²) in [6.45, 7) is 5.54. The first-order chi connectivity index (χ1) is 12.0. The summed E-state index contributed by atoms with van der Waals surface area (Å²) in [5.74, 6) is 0. The number of halogens is 1. The minimum Gasteiger partial charge on any atom is -0.443 e. The Balaban J connectivity index is 1.68. The highest BCUT2D eigenvalue weighted by Crippen LogP contribution is 2.22. The molecule has 0 saturated heterocycles. The number of hydrogen-bond acceptors (Lipinski definition) is 3. The molecule has 5 heteroatoms. The second kappa shape index (κ2) is 9.59. The van der Waals surface area contributed by atoms with Crippen molar-refractivity contribution in [3.8, 4) is 0 Å². The Morgan fingerprint density at radius 2 is 1.72 bits per heavy atom. The molecule has 0 aliphatic carbocycles. The minimum absolute atomic E-state index is 0.443. The average Bonchev–Trinajstić information content (AvgIpc) is 2.57. The fourth-order valence-electron chi connectivity index (χ4n) is 2.39. The van der Waals surface area contributed by atoms with Gasteiger partial charge < -0.3 is 10.1 Å². The number of nitrogens with one attached hydrogen (secondary N) is 2. The molecule has 25 heavy (non-hydrogen) atoms. The second-order valence-corrected chi connectivity index (χ2v) is 7.34. The van der Waals surface area contributed by atoms with Gasteiger partial charge in [-0.2, -0.15) is 0 Å². The van der Waals surface area contributed by atoms with Crippen molar-refractivity contribution in [3.05, 3.63) is 64.6 Å². The zero-order valence-corrected chi connectivity index (χ0v) is 16.3. The molecular weight excluding hydrogens is 380 g/mol. The lowest BCUT2D eigenvalue weighted by Crippen LogP contribution is -2.34. The maximum atomic E-state index is 12.1. The molecule has 0 radical (unpaired) electrons. The third-order valence-electron chi connectivity index (χ3n) is 3.82. The van der Waals surface area contributed by atoms with Gasteiger partial charge >= 0.3 is 6.09 Å². The summed E-state index contributed by atoms with van der Waals surface area (Å²) >= 11 is 3.40. The summed E-state index contributed by atoms with van der Waals surface area (Å²) in [4.78, 5) is 12.1. The SMILES string of the molecule is CC(C)(CCNCCc1ccccc1)OC(=O)Nc1ccccc1Br. The van der Waals surface area contributed by atoms with Gasteiger partial charge in [0, 0.05) is 4.47 Å². The van der Waals surface area contributed by atoms with E-state index in [9.17, 15) is 4.79 Å². The molecular formula is C20H25BrN2O2. The van der Waals surface area contributed by atoms with Crippen LogP contribution in [-0.2, 0) is 11.2 Å². The van der Waals surface area contributed by atoms with E-state index < -0.39 is 11.7 Å². The van der Waals surface area contributed by atoms with Gasteiger partial charge in [0.2, 0.25) is 0 Å². The lowest BCUT2D eigenvalue weighted by Gasteiger charge is -2.25. The van der Waals surface area contributed by atoms with Crippen molar-refractivity contribution in [2.75, 3.05) is 18.4 Å². The summed E-state index contributed by atoms with van der Waals surface area (Å²) < 4.78 is 6.38. The minimum atomic E-state index is -0.537. The van der Waals surface area contributed by atoms with Crippen LogP contribution in [0, 0.1) is 0 Å². The van der Waals surface area contributed by atoms with Crippen molar-refractivity contribution in [3.63, 3.8) is 0 Å². The van der Waals surface area contributed by atoms with Gasteiger partial charge in [-0.15, -0.1) is 0 Å². The maximum absolute atomic E-state index is 12.1. The summed E-state index contributed by atoms with van der Waals surface area (Å²) in [6.07, 6.45) is 1.29. The third-order valence-corrected chi connectivity index (χ3v) is 4.51. The molecule has 0 aliphatic heterocycles. The zero-order valence-electron chi connectivity index (χ0n) is 14.7. The molecule has 1 amide bonds. The Hall–Kier alpha value is -1.85. The van der Waals surface area contributed by atoms with Crippen LogP contribution in [0.4, 0.5) is 10.5 Å². The fourth-order valence-corrected chi connectivity index (χ4v) is 2.78. The van der Waals surface area contributed by atoms with E-state index in [0.717, 1.165) is 30.4 Å². The molecule has 0 aromatic heterocycles. The first-order valence-electron chi connectivity index (χ1n) is 8.45. The quantitative estimate of drug-likeness (QED) is 0.608. The highest BCUT2D eigenvalue weighted by molar-refractivity contribution is 9.10. The van der Waals surface area contributed by atoms with Gasteiger partial charge in [0.05, 0.1) is 5.69 Å². The standard InChI is InChI=1S/C20H25BrN2O2/c1-20(2,13-15-22-14-12-16-8-4-3-5-9-16)25-19(24)23-18-11-7-6-10-17(18)21/h3-11,22H,12-15H2,1-2H3,(H,23,24). The first-order valence-corrected chi connectivity index (χ1v) is 9.25. The summed E-state index contributed by atoms with van der Waals surface area (Å²) in [6, 6.07) is 17.8. The Labute approximate surface area is 158 Å². The first kappa shape index (κ1) is 19.5. The normalized spacial score (nSPS) is 11.2. The van der Waals surface area contributed by atoms with E-state index in [0.29, 0.717) is 5.69 Å². The highest BCUT2D eigenvalue weighted by Gasteiger charge is 2.22. The highest BCUT2D eigenvalue weighted by atomic mass is 79.9. The third kappa shape index (κ3) is 7.28. The number of para-hydroxylation sites is 1. The van der Waals surface area contributed by atoms with Gasteiger partial charge in [-0.1, -0.05) is 42.5 Å². The van der Waals surface area contributed by atoms with Crippen LogP contribution >= 0.6 is 15.9 Å². The van der Waals surface area contributed by atoms with Crippen molar-refractivity contribution in [1.82, 2.24) is 5.32 Å². The molecule has 0 unspecified atom stereocenters. The summed E-state index contributed by atoms with van der Waals surface area (Å²) in [5.41, 5.74) is 1.48. The van der Waals surface area contributed by atoms with Crippen LogP contribution < -0.4 is 10.6 Å². The number of hydrogen-bond donors (Lipinski definition) is 2. The Morgan fingerprint density at radius 3 is 2.44 bits per heavy atom. The Kier molecular flexibility index (Phi) is 7.47. The van der Waals surface area contributed by atoms with Crippen molar-refractivity contribution >= 4 is 27.7 Å². The number of carbonyl (C=O) groups excluding carboxylic acids is 1. The molecule has 0 aliphatic rings. The van der Waals surface area contributed by atoms with E-state index in [1.54, 1.807) is 0 Å². The van der Waals surface area contributed by atoms with E-state index in [4.69, 9.17) is 4.74 Å². The van der Waals surface area contributed by atoms with Gasteiger partial charge in [-0.25, -0.2) is 4.79 Å². The zero-order chi connectivity index (χ0) is 18.1. The lowest BCUT2D eigenvalue weighted by molar-refractivity contribution is 0.0427. The van der Waals surface area contributed by atoms with Crippen molar-refractivity contribution in [2.45, 2.75) is 32.3 Å². The molecule has 0 atom stereocenters. The number of amides is 1. The fraction of sp³-hybridized carbons (Fsp3) is 0.350. The molecule has 0 fully saturated rings. The molecule has 2 N–H and O–H groups in total. The average molecular weight is 405 g/mol. The van der Waals surface area contributed by atoms with Crippen LogP contribution in [0.3, 0.4) is 0 Å². The maximum Gasteiger partial charge on any atom is 0.412 e. The number of rotatable bonds is 8. The molecule has 134 valence electrons. The molecule has 0 heterocycles. The van der Waals surface area contributed by atoms with Crippen molar-refractivity contribution in [2.24, 2.45) is 0 Å². The van der Waals surface area contributed by atoms with Crippen LogP contribution in [0.2, 0.25) is 0 Å².